The highest BCUT2D eigenvalue weighted by Gasteiger charge is 2.09. The summed E-state index contributed by atoms with van der Waals surface area (Å²) in [5.41, 5.74) is 2.14. The summed E-state index contributed by atoms with van der Waals surface area (Å²) in [6, 6.07) is 21.3. The maximum atomic E-state index is 10.1. The topological polar surface area (TPSA) is 32.3 Å². The van der Waals surface area contributed by atoms with Crippen molar-refractivity contribution in [3.63, 3.8) is 0 Å². The predicted molar refractivity (Wildman–Crippen MR) is 77.8 cm³/mol. The number of aliphatic hydroxyl groups is 1. The van der Waals surface area contributed by atoms with E-state index in [9.17, 15) is 5.11 Å². The van der Waals surface area contributed by atoms with Gasteiger partial charge in [-0.25, -0.2) is 0 Å². The van der Waals surface area contributed by atoms with E-state index in [1.165, 1.54) is 5.56 Å². The smallest absolute Gasteiger partial charge is 0.0914 e. The van der Waals surface area contributed by atoms with Gasteiger partial charge in [-0.2, -0.15) is 0 Å². The molecule has 0 aromatic heterocycles. The van der Waals surface area contributed by atoms with Crippen molar-refractivity contribution in [2.24, 2.45) is 0 Å². The number of hydrogen-bond acceptors (Lipinski definition) is 2. The van der Waals surface area contributed by atoms with Crippen molar-refractivity contribution in [2.45, 2.75) is 25.5 Å². The molecule has 99 valence electrons. The van der Waals surface area contributed by atoms with Gasteiger partial charge in [0.2, 0.25) is 0 Å². The van der Waals surface area contributed by atoms with Gasteiger partial charge in [0, 0.05) is 12.6 Å². The molecule has 19 heavy (non-hydrogen) atoms. The van der Waals surface area contributed by atoms with Gasteiger partial charge in [-0.15, -0.1) is 0 Å². The van der Waals surface area contributed by atoms with Gasteiger partial charge in [0.1, 0.15) is 0 Å². The highest BCUT2D eigenvalue weighted by Crippen LogP contribution is 2.11. The van der Waals surface area contributed by atoms with E-state index < -0.39 is 6.10 Å². The number of aliphatic hydroxyl groups excluding tert-OH is 1. The number of benzene rings is 2. The summed E-state index contributed by atoms with van der Waals surface area (Å²) in [6.07, 6.45) is 0.464. The molecule has 1 radical (unpaired) electrons. The summed E-state index contributed by atoms with van der Waals surface area (Å²) < 4.78 is 0. The number of hydrogen-bond donors (Lipinski definition) is 2. The fourth-order valence-electron chi connectivity index (χ4n) is 2.07. The first-order valence-electron chi connectivity index (χ1n) is 6.67. The molecule has 0 spiro atoms. The first-order chi connectivity index (χ1) is 9.25. The molecule has 0 aliphatic heterocycles. The molecule has 2 nitrogen and oxygen atoms in total. The summed E-state index contributed by atoms with van der Waals surface area (Å²) in [6.45, 7) is 2.69. The molecule has 2 N–H and O–H groups in total. The Hall–Kier alpha value is -1.64. The Bertz CT molecular complexity index is 469. The summed E-state index contributed by atoms with van der Waals surface area (Å²) in [7, 11) is 0. The molecule has 2 aromatic rings. The third-order valence-corrected chi connectivity index (χ3v) is 3.14. The molecule has 2 rings (SSSR count). The van der Waals surface area contributed by atoms with Crippen LogP contribution in [0.1, 0.15) is 24.2 Å². The lowest BCUT2D eigenvalue weighted by atomic mass is 10.1. The normalized spacial score (nSPS) is 14.0. The second kappa shape index (κ2) is 7.07. The average molecular weight is 254 g/mol. The zero-order valence-corrected chi connectivity index (χ0v) is 11.2. The van der Waals surface area contributed by atoms with E-state index in [0.717, 1.165) is 12.0 Å². The molecule has 0 aliphatic rings. The molecule has 2 unspecified atom stereocenters. The SMILES string of the molecule is CC(Cc1[c]cccc1)NCC(O)c1ccccc1. The van der Waals surface area contributed by atoms with Gasteiger partial charge >= 0.3 is 0 Å². The first kappa shape index (κ1) is 13.8. The van der Waals surface area contributed by atoms with Crippen molar-refractivity contribution < 1.29 is 5.11 Å². The van der Waals surface area contributed by atoms with Gasteiger partial charge in [-0.05, 0) is 30.5 Å². The standard InChI is InChI=1S/C17H20NO/c1-14(12-15-8-4-2-5-9-15)18-13-17(19)16-10-6-3-7-11-16/h2-8,10-11,14,17-19H,12-13H2,1H3. The second-order valence-corrected chi connectivity index (χ2v) is 4.83. The molecule has 0 bridgehead atoms. The fraction of sp³-hybridized carbons (Fsp3) is 0.294. The Morgan fingerprint density at radius 1 is 1.11 bits per heavy atom. The Morgan fingerprint density at radius 3 is 2.53 bits per heavy atom. The van der Waals surface area contributed by atoms with E-state index in [1.807, 2.05) is 48.5 Å². The van der Waals surface area contributed by atoms with E-state index in [0.29, 0.717) is 12.6 Å². The molecular formula is C17H20NO. The minimum absolute atomic E-state index is 0.317. The maximum absolute atomic E-state index is 10.1. The Labute approximate surface area is 115 Å². The molecule has 0 saturated heterocycles. The fourth-order valence-corrected chi connectivity index (χ4v) is 2.07. The van der Waals surface area contributed by atoms with Gasteiger partial charge < -0.3 is 10.4 Å². The van der Waals surface area contributed by atoms with Crippen LogP contribution in [0, 0.1) is 6.07 Å². The molecule has 0 saturated carbocycles. The Kier molecular flexibility index (Phi) is 5.13. The monoisotopic (exact) mass is 254 g/mol. The largest absolute Gasteiger partial charge is 0.387 e. The van der Waals surface area contributed by atoms with Crippen LogP contribution in [0.4, 0.5) is 0 Å². The zero-order chi connectivity index (χ0) is 13.5. The summed E-state index contributed by atoms with van der Waals surface area (Å²) in [5.74, 6) is 0. The van der Waals surface area contributed by atoms with Gasteiger partial charge in [0.25, 0.3) is 0 Å². The highest BCUT2D eigenvalue weighted by atomic mass is 16.3. The molecule has 2 heteroatoms. The van der Waals surface area contributed by atoms with Crippen LogP contribution in [0.3, 0.4) is 0 Å². The first-order valence-corrected chi connectivity index (χ1v) is 6.67. The van der Waals surface area contributed by atoms with Gasteiger partial charge in [0.15, 0.2) is 0 Å². The van der Waals surface area contributed by atoms with Crippen molar-refractivity contribution in [3.05, 3.63) is 71.8 Å². The predicted octanol–water partition coefficient (Wildman–Crippen LogP) is 2.74. The second-order valence-electron chi connectivity index (χ2n) is 4.83. The van der Waals surface area contributed by atoms with Crippen molar-refractivity contribution in [1.29, 1.82) is 0 Å². The van der Waals surface area contributed by atoms with Crippen molar-refractivity contribution in [3.8, 4) is 0 Å². The maximum Gasteiger partial charge on any atom is 0.0914 e. The molecule has 2 aromatic carbocycles. The van der Waals surface area contributed by atoms with Gasteiger partial charge in [-0.3, -0.25) is 0 Å². The summed E-state index contributed by atoms with van der Waals surface area (Å²) >= 11 is 0. The van der Waals surface area contributed by atoms with Crippen molar-refractivity contribution in [1.82, 2.24) is 5.32 Å². The average Bonchev–Trinajstić information content (AvgIpc) is 2.47. The van der Waals surface area contributed by atoms with E-state index in [-0.39, 0.29) is 0 Å². The van der Waals surface area contributed by atoms with E-state index in [4.69, 9.17) is 0 Å². The van der Waals surface area contributed by atoms with Crippen LogP contribution in [-0.4, -0.2) is 17.7 Å². The lowest BCUT2D eigenvalue weighted by Gasteiger charge is -2.17. The van der Waals surface area contributed by atoms with E-state index >= 15 is 0 Å². The van der Waals surface area contributed by atoms with Crippen LogP contribution in [0.2, 0.25) is 0 Å². The van der Waals surface area contributed by atoms with Crippen LogP contribution < -0.4 is 5.32 Å². The number of nitrogens with one attached hydrogen (secondary N) is 1. The van der Waals surface area contributed by atoms with Crippen LogP contribution in [0.15, 0.2) is 54.6 Å². The lowest BCUT2D eigenvalue weighted by Crippen LogP contribution is -2.32. The third-order valence-electron chi connectivity index (χ3n) is 3.14. The van der Waals surface area contributed by atoms with Gasteiger partial charge in [-0.1, -0.05) is 54.6 Å². The number of rotatable bonds is 6. The lowest BCUT2D eigenvalue weighted by molar-refractivity contribution is 0.170. The van der Waals surface area contributed by atoms with Crippen LogP contribution in [0.5, 0.6) is 0 Å². The van der Waals surface area contributed by atoms with E-state index in [1.54, 1.807) is 0 Å². The summed E-state index contributed by atoms with van der Waals surface area (Å²) in [5, 5.41) is 13.4. The van der Waals surface area contributed by atoms with Crippen molar-refractivity contribution >= 4 is 0 Å². The Morgan fingerprint density at radius 2 is 1.84 bits per heavy atom. The van der Waals surface area contributed by atoms with Crippen LogP contribution >= 0.6 is 0 Å². The van der Waals surface area contributed by atoms with Crippen LogP contribution in [0.25, 0.3) is 0 Å². The zero-order valence-electron chi connectivity index (χ0n) is 11.2. The molecule has 2 atom stereocenters. The quantitative estimate of drug-likeness (QED) is 0.830. The minimum atomic E-state index is -0.455. The van der Waals surface area contributed by atoms with Crippen molar-refractivity contribution in [2.75, 3.05) is 6.54 Å². The molecule has 0 aliphatic carbocycles. The molecule has 0 fully saturated rings. The molecule has 0 amide bonds. The van der Waals surface area contributed by atoms with E-state index in [2.05, 4.69) is 24.4 Å². The molecule has 0 heterocycles. The summed E-state index contributed by atoms with van der Waals surface area (Å²) in [4.78, 5) is 0. The minimum Gasteiger partial charge on any atom is -0.387 e. The van der Waals surface area contributed by atoms with Gasteiger partial charge in [0.05, 0.1) is 6.10 Å². The third kappa shape index (κ3) is 4.51. The van der Waals surface area contributed by atoms with Crippen LogP contribution in [-0.2, 0) is 6.42 Å². The Balaban J connectivity index is 1.79. The molecular weight excluding hydrogens is 234 g/mol. The highest BCUT2D eigenvalue weighted by molar-refractivity contribution is 5.18.